The molecule has 0 atom stereocenters. The van der Waals surface area contributed by atoms with E-state index in [1.807, 2.05) is 25.1 Å². The number of benzene rings is 2. The molecular formula is C25H27N3O4. The Balaban J connectivity index is 1.31. The zero-order valence-corrected chi connectivity index (χ0v) is 18.4. The van der Waals surface area contributed by atoms with Gasteiger partial charge in [-0.2, -0.15) is 0 Å². The van der Waals surface area contributed by atoms with E-state index in [-0.39, 0.29) is 17.3 Å². The molecule has 2 heterocycles. The number of carbonyl (C=O) groups is 2. The van der Waals surface area contributed by atoms with Crippen molar-refractivity contribution in [1.29, 1.82) is 0 Å². The number of piperazine rings is 1. The summed E-state index contributed by atoms with van der Waals surface area (Å²) in [6.07, 6.45) is 0. The van der Waals surface area contributed by atoms with E-state index in [1.54, 1.807) is 30.3 Å². The standard InChI is InChI=1S/C25H27N3O4/c1-17-3-8-22-20(14-25(31)32-23(22)13-17)15-27-9-11-28(12-10-27)16-24(30)26-21-6-4-19(5-7-21)18(2)29/h3-8,13-14H,9-12,15-16H2,1-2H3,(H,26,30). The number of amides is 1. The van der Waals surface area contributed by atoms with Crippen molar-refractivity contribution in [3.8, 4) is 0 Å². The lowest BCUT2D eigenvalue weighted by atomic mass is 10.1. The second kappa shape index (κ2) is 9.46. The minimum Gasteiger partial charge on any atom is -0.423 e. The molecule has 32 heavy (non-hydrogen) atoms. The molecule has 1 aliphatic heterocycles. The van der Waals surface area contributed by atoms with Crippen LogP contribution in [0.3, 0.4) is 0 Å². The van der Waals surface area contributed by atoms with Gasteiger partial charge in [-0.3, -0.25) is 19.4 Å². The van der Waals surface area contributed by atoms with E-state index >= 15 is 0 Å². The molecule has 3 aromatic rings. The molecule has 0 saturated carbocycles. The number of anilines is 1. The van der Waals surface area contributed by atoms with E-state index in [4.69, 9.17) is 4.42 Å². The first-order valence-corrected chi connectivity index (χ1v) is 10.8. The van der Waals surface area contributed by atoms with Crippen LogP contribution in [0, 0.1) is 6.92 Å². The zero-order chi connectivity index (χ0) is 22.7. The van der Waals surface area contributed by atoms with Gasteiger partial charge in [-0.05, 0) is 55.3 Å². The van der Waals surface area contributed by atoms with Crippen LogP contribution < -0.4 is 10.9 Å². The van der Waals surface area contributed by atoms with E-state index in [9.17, 15) is 14.4 Å². The number of fused-ring (bicyclic) bond motifs is 1. The average Bonchev–Trinajstić information content (AvgIpc) is 2.75. The molecule has 0 unspecified atom stereocenters. The van der Waals surface area contributed by atoms with Crippen molar-refractivity contribution >= 4 is 28.3 Å². The quantitative estimate of drug-likeness (QED) is 0.475. The third-order valence-electron chi connectivity index (χ3n) is 5.79. The van der Waals surface area contributed by atoms with Gasteiger partial charge in [-0.15, -0.1) is 0 Å². The lowest BCUT2D eigenvalue weighted by Gasteiger charge is -2.34. The maximum absolute atomic E-state index is 12.4. The molecule has 7 heteroatoms. The fraction of sp³-hybridized carbons (Fsp3) is 0.320. The van der Waals surface area contributed by atoms with Crippen LogP contribution in [0.4, 0.5) is 5.69 Å². The molecule has 0 radical (unpaired) electrons. The maximum Gasteiger partial charge on any atom is 0.336 e. The molecule has 7 nitrogen and oxygen atoms in total. The van der Waals surface area contributed by atoms with Crippen molar-refractivity contribution < 1.29 is 14.0 Å². The summed E-state index contributed by atoms with van der Waals surface area (Å²) in [5.41, 5.74) is 3.63. The molecule has 166 valence electrons. The van der Waals surface area contributed by atoms with Crippen LogP contribution in [-0.2, 0) is 11.3 Å². The Morgan fingerprint density at radius 1 is 0.969 bits per heavy atom. The van der Waals surface area contributed by atoms with Gasteiger partial charge < -0.3 is 9.73 Å². The first-order valence-electron chi connectivity index (χ1n) is 10.8. The SMILES string of the molecule is CC(=O)c1ccc(NC(=O)CN2CCN(Cc3cc(=O)oc4cc(C)ccc34)CC2)cc1. The van der Waals surface area contributed by atoms with Gasteiger partial charge in [-0.1, -0.05) is 12.1 Å². The fourth-order valence-electron chi connectivity index (χ4n) is 4.01. The molecule has 0 spiro atoms. The van der Waals surface area contributed by atoms with Crippen LogP contribution in [0.15, 0.2) is 57.7 Å². The molecule has 1 fully saturated rings. The second-order valence-electron chi connectivity index (χ2n) is 8.32. The van der Waals surface area contributed by atoms with Gasteiger partial charge in [0.1, 0.15) is 5.58 Å². The smallest absolute Gasteiger partial charge is 0.336 e. The van der Waals surface area contributed by atoms with Gasteiger partial charge in [0.25, 0.3) is 0 Å². The predicted octanol–water partition coefficient (Wildman–Crippen LogP) is 3.06. The van der Waals surface area contributed by atoms with E-state index in [0.29, 0.717) is 29.9 Å². The van der Waals surface area contributed by atoms with Crippen molar-refractivity contribution in [2.45, 2.75) is 20.4 Å². The third-order valence-corrected chi connectivity index (χ3v) is 5.79. The summed E-state index contributed by atoms with van der Waals surface area (Å²) in [6, 6.07) is 14.4. The first kappa shape index (κ1) is 21.9. The number of nitrogens with zero attached hydrogens (tertiary/aromatic N) is 2. The van der Waals surface area contributed by atoms with Crippen molar-refractivity contribution in [3.63, 3.8) is 0 Å². The van der Waals surface area contributed by atoms with Crippen LogP contribution in [0.5, 0.6) is 0 Å². The van der Waals surface area contributed by atoms with Crippen molar-refractivity contribution in [2.75, 3.05) is 38.0 Å². The Labute approximate surface area is 186 Å². The van der Waals surface area contributed by atoms with Crippen molar-refractivity contribution in [3.05, 3.63) is 75.6 Å². The second-order valence-corrected chi connectivity index (χ2v) is 8.32. The minimum absolute atomic E-state index is 0.000214. The number of Topliss-reactive ketones (excluding diaryl/α,β-unsaturated/α-hetero) is 1. The number of carbonyl (C=O) groups excluding carboxylic acids is 2. The highest BCUT2D eigenvalue weighted by molar-refractivity contribution is 5.96. The van der Waals surface area contributed by atoms with Crippen LogP contribution >= 0.6 is 0 Å². The normalized spacial score (nSPS) is 15.1. The van der Waals surface area contributed by atoms with Crippen molar-refractivity contribution in [1.82, 2.24) is 9.80 Å². The monoisotopic (exact) mass is 433 g/mol. The lowest BCUT2D eigenvalue weighted by molar-refractivity contribution is -0.117. The summed E-state index contributed by atoms with van der Waals surface area (Å²) >= 11 is 0. The van der Waals surface area contributed by atoms with E-state index in [0.717, 1.165) is 42.7 Å². The summed E-state index contributed by atoms with van der Waals surface area (Å²) in [5.74, 6) is -0.0729. The van der Waals surface area contributed by atoms with Gasteiger partial charge in [0.2, 0.25) is 5.91 Å². The summed E-state index contributed by atoms with van der Waals surface area (Å²) in [4.78, 5) is 40.2. The number of aryl methyl sites for hydroxylation is 1. The highest BCUT2D eigenvalue weighted by atomic mass is 16.4. The molecule has 1 amide bonds. The number of hydrogen-bond acceptors (Lipinski definition) is 6. The van der Waals surface area contributed by atoms with Crippen molar-refractivity contribution in [2.24, 2.45) is 0 Å². The van der Waals surface area contributed by atoms with E-state index < -0.39 is 0 Å². The molecule has 1 saturated heterocycles. The first-order chi connectivity index (χ1) is 15.4. The Morgan fingerprint density at radius 3 is 2.34 bits per heavy atom. The van der Waals surface area contributed by atoms with E-state index in [1.165, 1.54) is 6.92 Å². The van der Waals surface area contributed by atoms with Gasteiger partial charge in [0.15, 0.2) is 5.78 Å². The number of nitrogens with one attached hydrogen (secondary N) is 1. The number of rotatable bonds is 6. The lowest BCUT2D eigenvalue weighted by Crippen LogP contribution is -2.48. The highest BCUT2D eigenvalue weighted by Crippen LogP contribution is 2.20. The fourth-order valence-corrected chi connectivity index (χ4v) is 4.01. The molecule has 4 rings (SSSR count). The van der Waals surface area contributed by atoms with Gasteiger partial charge in [0, 0.05) is 55.4 Å². The Hall–Kier alpha value is -3.29. The summed E-state index contributed by atoms with van der Waals surface area (Å²) in [7, 11) is 0. The number of hydrogen-bond donors (Lipinski definition) is 1. The number of ketones is 1. The topological polar surface area (TPSA) is 82.9 Å². The van der Waals surface area contributed by atoms with Gasteiger partial charge in [0.05, 0.1) is 6.54 Å². The predicted molar refractivity (Wildman–Crippen MR) is 124 cm³/mol. The summed E-state index contributed by atoms with van der Waals surface area (Å²) in [6.45, 7) is 7.66. The van der Waals surface area contributed by atoms with Crippen LogP contribution in [0.1, 0.15) is 28.4 Å². The van der Waals surface area contributed by atoms with Crippen LogP contribution in [0.2, 0.25) is 0 Å². The Morgan fingerprint density at radius 2 is 1.66 bits per heavy atom. The minimum atomic E-state index is -0.329. The molecule has 1 N–H and O–H groups in total. The van der Waals surface area contributed by atoms with Crippen LogP contribution in [0.25, 0.3) is 11.0 Å². The molecule has 1 aliphatic rings. The molecule has 0 aliphatic carbocycles. The Kier molecular flexibility index (Phi) is 6.48. The average molecular weight is 434 g/mol. The Bertz CT molecular complexity index is 1190. The molecular weight excluding hydrogens is 406 g/mol. The van der Waals surface area contributed by atoms with Gasteiger partial charge >= 0.3 is 5.63 Å². The summed E-state index contributed by atoms with van der Waals surface area (Å²) in [5, 5.41) is 3.85. The van der Waals surface area contributed by atoms with Crippen LogP contribution in [-0.4, -0.2) is 54.2 Å². The molecule has 1 aromatic heterocycles. The molecule has 0 bridgehead atoms. The maximum atomic E-state index is 12.4. The molecule has 2 aromatic carbocycles. The van der Waals surface area contributed by atoms with Gasteiger partial charge in [-0.25, -0.2) is 4.79 Å². The largest absolute Gasteiger partial charge is 0.423 e. The third kappa shape index (κ3) is 5.30. The zero-order valence-electron chi connectivity index (χ0n) is 18.4. The summed E-state index contributed by atoms with van der Waals surface area (Å²) < 4.78 is 5.36. The van der Waals surface area contributed by atoms with E-state index in [2.05, 4.69) is 15.1 Å². The highest BCUT2D eigenvalue weighted by Gasteiger charge is 2.20.